The van der Waals surface area contributed by atoms with Crippen molar-refractivity contribution >= 4 is 21.6 Å². The van der Waals surface area contributed by atoms with Crippen molar-refractivity contribution in [2.24, 2.45) is 0 Å². The molecule has 15 heavy (non-hydrogen) atoms. The first-order valence-electron chi connectivity index (χ1n) is 4.05. The number of nitro benzene ring substituents is 1. The molecule has 0 amide bonds. The number of halogens is 2. The van der Waals surface area contributed by atoms with Crippen LogP contribution in [0, 0.1) is 34.7 Å². The monoisotopic (exact) mass is 271 g/mol. The van der Waals surface area contributed by atoms with Gasteiger partial charge in [0.15, 0.2) is 0 Å². The molecule has 0 spiro atoms. The Bertz CT molecular complexity index is 462. The van der Waals surface area contributed by atoms with Crippen molar-refractivity contribution in [3.8, 4) is 11.8 Å². The molecule has 0 radical (unpaired) electrons. The second kappa shape index (κ2) is 4.89. The smallest absolute Gasteiger partial charge is 0.258 e. The van der Waals surface area contributed by atoms with E-state index < -0.39 is 10.7 Å². The van der Waals surface area contributed by atoms with E-state index in [9.17, 15) is 14.5 Å². The molecule has 0 saturated heterocycles. The van der Waals surface area contributed by atoms with Gasteiger partial charge in [-0.15, -0.1) is 0 Å². The lowest BCUT2D eigenvalue weighted by Gasteiger charge is -1.99. The number of aryl methyl sites for hydroxylation is 1. The normalized spacial score (nSPS) is 9.27. The first-order valence-corrected chi connectivity index (χ1v) is 5.17. The third kappa shape index (κ3) is 2.77. The molecule has 0 aliphatic rings. The highest BCUT2D eigenvalue weighted by Gasteiger charge is 2.14. The van der Waals surface area contributed by atoms with Crippen LogP contribution in [0.2, 0.25) is 0 Å². The molecule has 0 aliphatic carbocycles. The Morgan fingerprint density at radius 1 is 1.60 bits per heavy atom. The van der Waals surface area contributed by atoms with Crippen molar-refractivity contribution in [1.29, 1.82) is 0 Å². The highest BCUT2D eigenvalue weighted by Crippen LogP contribution is 2.21. The standard InChI is InChI=1S/C10H7BrFNO2/c1-7-5-9(12)8(3-2-4-11)6-10(7)13(14)15/h5-6H,4H2,1H3. The molecule has 0 aliphatic heterocycles. The Hall–Kier alpha value is -1.41. The van der Waals surface area contributed by atoms with Gasteiger partial charge < -0.3 is 0 Å². The van der Waals surface area contributed by atoms with E-state index in [1.165, 1.54) is 6.92 Å². The van der Waals surface area contributed by atoms with Crippen molar-refractivity contribution in [2.75, 3.05) is 5.33 Å². The number of rotatable bonds is 1. The lowest BCUT2D eigenvalue weighted by Crippen LogP contribution is -1.95. The topological polar surface area (TPSA) is 43.1 Å². The van der Waals surface area contributed by atoms with Crippen LogP contribution < -0.4 is 0 Å². The third-order valence-corrected chi connectivity index (χ3v) is 2.05. The van der Waals surface area contributed by atoms with Crippen molar-refractivity contribution in [2.45, 2.75) is 6.92 Å². The van der Waals surface area contributed by atoms with Crippen LogP contribution in [0.3, 0.4) is 0 Å². The van der Waals surface area contributed by atoms with E-state index in [1.54, 1.807) is 0 Å². The van der Waals surface area contributed by atoms with E-state index in [0.29, 0.717) is 10.9 Å². The molecule has 1 aromatic carbocycles. The minimum absolute atomic E-state index is 0.0479. The molecule has 1 aromatic rings. The largest absolute Gasteiger partial charge is 0.273 e. The van der Waals surface area contributed by atoms with Crippen LogP contribution in [0.1, 0.15) is 11.1 Å². The lowest BCUT2D eigenvalue weighted by molar-refractivity contribution is -0.385. The highest BCUT2D eigenvalue weighted by molar-refractivity contribution is 9.09. The van der Waals surface area contributed by atoms with E-state index in [2.05, 4.69) is 27.8 Å². The van der Waals surface area contributed by atoms with Crippen LogP contribution in [-0.4, -0.2) is 10.3 Å². The number of hydrogen-bond donors (Lipinski definition) is 0. The summed E-state index contributed by atoms with van der Waals surface area (Å²) in [5.74, 6) is 4.57. The molecular formula is C10H7BrFNO2. The zero-order valence-corrected chi connectivity index (χ0v) is 9.47. The van der Waals surface area contributed by atoms with E-state index in [0.717, 1.165) is 12.1 Å². The summed E-state index contributed by atoms with van der Waals surface area (Å²) in [6.07, 6.45) is 0. The van der Waals surface area contributed by atoms with Crippen LogP contribution in [0.4, 0.5) is 10.1 Å². The zero-order valence-electron chi connectivity index (χ0n) is 7.88. The maximum Gasteiger partial charge on any atom is 0.273 e. The van der Waals surface area contributed by atoms with Gasteiger partial charge in [0.2, 0.25) is 0 Å². The average Bonchev–Trinajstić information content (AvgIpc) is 2.16. The van der Waals surface area contributed by atoms with E-state index in [1.807, 2.05) is 0 Å². The van der Waals surface area contributed by atoms with Crippen molar-refractivity contribution in [3.05, 3.63) is 39.2 Å². The van der Waals surface area contributed by atoms with Crippen LogP contribution in [0.25, 0.3) is 0 Å². The van der Waals surface area contributed by atoms with Gasteiger partial charge in [0.05, 0.1) is 15.8 Å². The molecule has 0 unspecified atom stereocenters. The van der Waals surface area contributed by atoms with Crippen LogP contribution in [0.15, 0.2) is 12.1 Å². The van der Waals surface area contributed by atoms with E-state index in [-0.39, 0.29) is 11.3 Å². The summed E-state index contributed by atoms with van der Waals surface area (Å²) in [4.78, 5) is 10.0. The summed E-state index contributed by atoms with van der Waals surface area (Å²) in [5.41, 5.74) is 0.226. The second-order valence-electron chi connectivity index (χ2n) is 2.81. The molecule has 0 saturated carbocycles. The molecule has 5 heteroatoms. The Balaban J connectivity index is 3.29. The fourth-order valence-corrected chi connectivity index (χ4v) is 1.22. The molecule has 0 bridgehead atoms. The van der Waals surface area contributed by atoms with Gasteiger partial charge in [-0.2, -0.15) is 0 Å². The van der Waals surface area contributed by atoms with Crippen molar-refractivity contribution in [1.82, 2.24) is 0 Å². The lowest BCUT2D eigenvalue weighted by atomic mass is 10.1. The quantitative estimate of drug-likeness (QED) is 0.341. The molecule has 0 atom stereocenters. The Kier molecular flexibility index (Phi) is 3.81. The SMILES string of the molecule is Cc1cc(F)c(C#CCBr)cc1[N+](=O)[O-]. The molecule has 0 heterocycles. The minimum Gasteiger partial charge on any atom is -0.258 e. The molecular weight excluding hydrogens is 265 g/mol. The van der Waals surface area contributed by atoms with Gasteiger partial charge in [-0.3, -0.25) is 10.1 Å². The zero-order chi connectivity index (χ0) is 11.4. The fraction of sp³-hybridized carbons (Fsp3) is 0.200. The number of alkyl halides is 1. The van der Waals surface area contributed by atoms with Gasteiger partial charge in [0, 0.05) is 11.6 Å². The number of nitro groups is 1. The average molecular weight is 272 g/mol. The highest BCUT2D eigenvalue weighted by atomic mass is 79.9. The van der Waals surface area contributed by atoms with Crippen LogP contribution in [0.5, 0.6) is 0 Å². The van der Waals surface area contributed by atoms with Gasteiger partial charge in [-0.1, -0.05) is 27.8 Å². The van der Waals surface area contributed by atoms with Crippen LogP contribution >= 0.6 is 15.9 Å². The Labute approximate surface area is 94.6 Å². The minimum atomic E-state index is -0.548. The first kappa shape index (κ1) is 11.7. The number of nitrogens with zero attached hydrogens (tertiary/aromatic N) is 1. The third-order valence-electron chi connectivity index (χ3n) is 1.77. The fourth-order valence-electron chi connectivity index (χ4n) is 1.08. The summed E-state index contributed by atoms with van der Waals surface area (Å²) >= 11 is 3.06. The van der Waals surface area contributed by atoms with Gasteiger partial charge in [0.1, 0.15) is 5.82 Å². The Morgan fingerprint density at radius 2 is 2.27 bits per heavy atom. The summed E-state index contributed by atoms with van der Waals surface area (Å²) < 4.78 is 13.3. The van der Waals surface area contributed by atoms with Gasteiger partial charge in [-0.25, -0.2) is 4.39 Å². The molecule has 0 aromatic heterocycles. The van der Waals surface area contributed by atoms with Crippen LogP contribution in [-0.2, 0) is 0 Å². The number of hydrogen-bond acceptors (Lipinski definition) is 2. The van der Waals surface area contributed by atoms with Gasteiger partial charge in [-0.05, 0) is 13.0 Å². The van der Waals surface area contributed by atoms with Gasteiger partial charge in [0.25, 0.3) is 5.69 Å². The van der Waals surface area contributed by atoms with Crippen molar-refractivity contribution in [3.63, 3.8) is 0 Å². The van der Waals surface area contributed by atoms with Crippen molar-refractivity contribution < 1.29 is 9.31 Å². The molecule has 0 fully saturated rings. The Morgan fingerprint density at radius 3 is 2.80 bits per heavy atom. The maximum atomic E-state index is 13.3. The van der Waals surface area contributed by atoms with E-state index >= 15 is 0 Å². The maximum absolute atomic E-state index is 13.3. The molecule has 3 nitrogen and oxygen atoms in total. The van der Waals surface area contributed by atoms with Gasteiger partial charge >= 0.3 is 0 Å². The number of benzene rings is 1. The predicted octanol–water partition coefficient (Wildman–Crippen LogP) is 2.79. The molecule has 1 rings (SSSR count). The predicted molar refractivity (Wildman–Crippen MR) is 58.5 cm³/mol. The van der Waals surface area contributed by atoms with E-state index in [4.69, 9.17) is 0 Å². The molecule has 0 N–H and O–H groups in total. The summed E-state index contributed by atoms with van der Waals surface area (Å²) in [6.45, 7) is 1.49. The summed E-state index contributed by atoms with van der Waals surface area (Å²) in [5, 5.41) is 11.0. The first-order chi connectivity index (χ1) is 7.06. The molecule has 78 valence electrons. The summed E-state index contributed by atoms with van der Waals surface area (Å²) in [6, 6.07) is 2.27. The second-order valence-corrected chi connectivity index (χ2v) is 3.37. The summed E-state index contributed by atoms with van der Waals surface area (Å²) in [7, 11) is 0.